The zero-order valence-electron chi connectivity index (χ0n) is 15.5. The molecule has 0 atom stereocenters. The highest BCUT2D eigenvalue weighted by Gasteiger charge is 2.41. The minimum absolute atomic E-state index is 0.145. The van der Waals surface area contributed by atoms with Crippen LogP contribution in [0.5, 0.6) is 5.75 Å². The molecule has 29 heavy (non-hydrogen) atoms. The van der Waals surface area contributed by atoms with Crippen molar-refractivity contribution in [2.24, 2.45) is 0 Å². The number of benzene rings is 2. The van der Waals surface area contributed by atoms with Gasteiger partial charge in [0.25, 0.3) is 10.0 Å². The maximum atomic E-state index is 13.3. The molecule has 3 aromatic rings. The van der Waals surface area contributed by atoms with Crippen LogP contribution in [0, 0.1) is 0 Å². The van der Waals surface area contributed by atoms with Crippen LogP contribution in [0.4, 0.5) is 11.4 Å². The number of nitrogens with one attached hydrogen (secondary N) is 1. The number of para-hydroxylation sites is 2. The lowest BCUT2D eigenvalue weighted by Gasteiger charge is -2.29. The van der Waals surface area contributed by atoms with Crippen LogP contribution in [0.1, 0.15) is 15.2 Å². The first-order valence-electron chi connectivity index (χ1n) is 8.81. The van der Waals surface area contributed by atoms with E-state index in [-0.39, 0.29) is 11.4 Å². The van der Waals surface area contributed by atoms with E-state index >= 15 is 0 Å². The van der Waals surface area contributed by atoms with Gasteiger partial charge in [-0.3, -0.25) is 9.10 Å². The van der Waals surface area contributed by atoms with Crippen molar-refractivity contribution in [3.63, 3.8) is 0 Å². The van der Waals surface area contributed by atoms with E-state index in [4.69, 9.17) is 4.74 Å². The summed E-state index contributed by atoms with van der Waals surface area (Å²) in [4.78, 5) is 13.0. The Labute approximate surface area is 173 Å². The van der Waals surface area contributed by atoms with Gasteiger partial charge in [0.15, 0.2) is 4.91 Å². The second kappa shape index (κ2) is 7.73. The predicted octanol–water partition coefficient (Wildman–Crippen LogP) is 4.24. The molecule has 148 valence electrons. The molecule has 2 aromatic carbocycles. The minimum Gasteiger partial charge on any atom is -0.495 e. The highest BCUT2D eigenvalue weighted by atomic mass is 32.2. The molecule has 0 aliphatic carbocycles. The van der Waals surface area contributed by atoms with Gasteiger partial charge in [-0.15, -0.1) is 11.3 Å². The van der Waals surface area contributed by atoms with Gasteiger partial charge in [-0.1, -0.05) is 42.5 Å². The number of rotatable bonds is 5. The molecule has 0 saturated carbocycles. The Balaban J connectivity index is 1.76. The number of carbonyl (C=O) groups excluding carboxylic acids is 1. The first-order valence-corrected chi connectivity index (χ1v) is 11.1. The fraction of sp³-hybridized carbons (Fsp3) is 0.0952. The van der Waals surface area contributed by atoms with Crippen molar-refractivity contribution in [3.05, 3.63) is 87.6 Å². The molecule has 0 saturated heterocycles. The number of carbonyl (C=O) groups is 1. The molecule has 6 nitrogen and oxygen atoms in total. The Kier molecular flexibility index (Phi) is 5.12. The van der Waals surface area contributed by atoms with E-state index in [1.54, 1.807) is 35.7 Å². The molecule has 1 aromatic heterocycles. The molecule has 0 spiro atoms. The molecule has 1 aliphatic rings. The molecular weight excluding hydrogens is 408 g/mol. The van der Waals surface area contributed by atoms with Crippen molar-refractivity contribution in [1.82, 2.24) is 0 Å². The summed E-state index contributed by atoms with van der Waals surface area (Å²) < 4.78 is 33.2. The Morgan fingerprint density at radius 2 is 1.79 bits per heavy atom. The number of allylic oxidation sites excluding steroid dienone is 1. The van der Waals surface area contributed by atoms with E-state index in [0.717, 1.165) is 5.56 Å². The zero-order chi connectivity index (χ0) is 20.4. The molecule has 0 bridgehead atoms. The van der Waals surface area contributed by atoms with E-state index in [1.165, 1.54) is 29.0 Å². The monoisotopic (exact) mass is 426 g/mol. The van der Waals surface area contributed by atoms with E-state index < -0.39 is 15.8 Å². The number of methoxy groups -OCH3 is 1. The number of sulfonamides is 1. The van der Waals surface area contributed by atoms with Crippen LogP contribution in [0.25, 0.3) is 0 Å². The highest BCUT2D eigenvalue weighted by molar-refractivity contribution is 7.97. The fourth-order valence-electron chi connectivity index (χ4n) is 3.11. The van der Waals surface area contributed by atoms with Gasteiger partial charge in [0, 0.05) is 6.20 Å². The third kappa shape index (κ3) is 3.52. The number of ether oxygens (including phenoxy) is 1. The van der Waals surface area contributed by atoms with Gasteiger partial charge in [-0.2, -0.15) is 0 Å². The van der Waals surface area contributed by atoms with Crippen LogP contribution >= 0.6 is 11.3 Å². The number of ketones is 1. The quantitative estimate of drug-likeness (QED) is 0.618. The number of hydrogen-bond acceptors (Lipinski definition) is 6. The average molecular weight is 427 g/mol. The number of thiophene rings is 1. The Morgan fingerprint density at radius 1 is 1.07 bits per heavy atom. The molecule has 0 fully saturated rings. The van der Waals surface area contributed by atoms with Crippen molar-refractivity contribution >= 4 is 38.5 Å². The smallest absolute Gasteiger partial charge is 0.270 e. The number of nitrogens with zero attached hydrogens (tertiary/aromatic N) is 1. The maximum absolute atomic E-state index is 13.3. The summed E-state index contributed by atoms with van der Waals surface area (Å²) in [6, 6.07) is 18.0. The molecule has 0 radical (unpaired) electrons. The maximum Gasteiger partial charge on any atom is 0.270 e. The van der Waals surface area contributed by atoms with Gasteiger partial charge in [0.1, 0.15) is 10.6 Å². The van der Waals surface area contributed by atoms with E-state index in [1.807, 2.05) is 30.3 Å². The van der Waals surface area contributed by atoms with E-state index in [0.29, 0.717) is 22.0 Å². The highest BCUT2D eigenvalue weighted by Crippen LogP contribution is 2.39. The Morgan fingerprint density at radius 3 is 2.55 bits per heavy atom. The molecule has 0 unspecified atom stereocenters. The largest absolute Gasteiger partial charge is 0.495 e. The van der Waals surface area contributed by atoms with Crippen LogP contribution < -0.4 is 14.4 Å². The minimum atomic E-state index is -4.04. The van der Waals surface area contributed by atoms with Gasteiger partial charge in [0.05, 0.1) is 25.0 Å². The van der Waals surface area contributed by atoms with Crippen molar-refractivity contribution in [2.45, 2.75) is 6.54 Å². The molecule has 2 heterocycles. The summed E-state index contributed by atoms with van der Waals surface area (Å²) in [5.74, 6) is 0.0321. The van der Waals surface area contributed by atoms with Crippen LogP contribution in [0.15, 0.2) is 77.1 Å². The zero-order valence-corrected chi connectivity index (χ0v) is 17.2. The Hall–Kier alpha value is -3.10. The standard InChI is InChI=1S/C21H18N2O4S2/c1-27-18-10-6-5-9-16(18)22-13-19-20(24)21-17(11-12-28-21)23(29(19,25)26)14-15-7-3-2-4-8-15/h2-13,22H,14H2,1H3. The van der Waals surface area contributed by atoms with Gasteiger partial charge < -0.3 is 10.1 Å². The van der Waals surface area contributed by atoms with E-state index in [9.17, 15) is 13.2 Å². The van der Waals surface area contributed by atoms with Gasteiger partial charge in [-0.25, -0.2) is 8.42 Å². The lowest BCUT2D eigenvalue weighted by Crippen LogP contribution is -2.38. The summed E-state index contributed by atoms with van der Waals surface area (Å²) in [6.45, 7) is 0.145. The SMILES string of the molecule is COc1ccccc1NC=C1C(=O)c2sccc2N(Cc2ccccc2)S1(=O)=O. The van der Waals surface area contributed by atoms with E-state index in [2.05, 4.69) is 5.32 Å². The molecule has 0 amide bonds. The van der Waals surface area contributed by atoms with Crippen LogP contribution in [-0.4, -0.2) is 21.3 Å². The van der Waals surface area contributed by atoms with Crippen molar-refractivity contribution in [1.29, 1.82) is 0 Å². The summed E-state index contributed by atoms with van der Waals surface area (Å²) in [7, 11) is -2.51. The first-order chi connectivity index (χ1) is 14.0. The first kappa shape index (κ1) is 19.2. The summed E-state index contributed by atoms with van der Waals surface area (Å²) in [6.07, 6.45) is 1.25. The van der Waals surface area contributed by atoms with Crippen molar-refractivity contribution in [2.75, 3.05) is 16.7 Å². The topological polar surface area (TPSA) is 75.7 Å². The summed E-state index contributed by atoms with van der Waals surface area (Å²) >= 11 is 1.23. The second-order valence-electron chi connectivity index (χ2n) is 6.31. The number of hydrogen-bond donors (Lipinski definition) is 1. The second-order valence-corrected chi connectivity index (χ2v) is 9.06. The summed E-state index contributed by atoms with van der Waals surface area (Å²) in [5, 5.41) is 4.65. The van der Waals surface area contributed by atoms with Crippen LogP contribution in [0.2, 0.25) is 0 Å². The summed E-state index contributed by atoms with van der Waals surface area (Å²) in [5.41, 5.74) is 1.81. The lowest BCUT2D eigenvalue weighted by atomic mass is 10.2. The molecular formula is C21H18N2O4S2. The molecule has 8 heteroatoms. The van der Waals surface area contributed by atoms with Crippen molar-refractivity contribution < 1.29 is 17.9 Å². The fourth-order valence-corrected chi connectivity index (χ4v) is 5.60. The van der Waals surface area contributed by atoms with Crippen molar-refractivity contribution in [3.8, 4) is 5.75 Å². The Bertz CT molecular complexity index is 1180. The van der Waals surface area contributed by atoms with Gasteiger partial charge in [0.2, 0.25) is 5.78 Å². The third-order valence-corrected chi connectivity index (χ3v) is 7.21. The third-order valence-electron chi connectivity index (χ3n) is 4.55. The molecule has 1 aliphatic heterocycles. The van der Waals surface area contributed by atoms with Gasteiger partial charge >= 0.3 is 0 Å². The average Bonchev–Trinajstić information content (AvgIpc) is 3.22. The van der Waals surface area contributed by atoms with Gasteiger partial charge in [-0.05, 0) is 29.1 Å². The molecule has 4 rings (SSSR count). The number of fused-ring (bicyclic) bond motifs is 1. The predicted molar refractivity (Wildman–Crippen MR) is 115 cm³/mol. The lowest BCUT2D eigenvalue weighted by molar-refractivity contribution is 0.104. The van der Waals surface area contributed by atoms with Crippen LogP contribution in [0.3, 0.4) is 0 Å². The normalized spacial score (nSPS) is 16.5. The number of Topliss-reactive ketones (excluding diaryl/α,β-unsaturated/α-hetero) is 1. The number of anilines is 2. The molecule has 1 N–H and O–H groups in total. The van der Waals surface area contributed by atoms with Crippen LogP contribution in [-0.2, 0) is 16.6 Å².